The zero-order chi connectivity index (χ0) is 18.8. The molecule has 0 aromatic heterocycles. The summed E-state index contributed by atoms with van der Waals surface area (Å²) in [6.45, 7) is 2.90. The number of rotatable bonds is 1. The third-order valence-electron chi connectivity index (χ3n) is 6.22. The van der Waals surface area contributed by atoms with Gasteiger partial charge >= 0.3 is 6.18 Å². The van der Waals surface area contributed by atoms with Crippen LogP contribution < -0.4 is 10.2 Å². The average Bonchev–Trinajstić information content (AvgIpc) is 2.97. The first-order chi connectivity index (χ1) is 12.9. The molecular formula is C21H21F3N2O. The van der Waals surface area contributed by atoms with E-state index in [-0.39, 0.29) is 11.3 Å². The van der Waals surface area contributed by atoms with Crippen LogP contribution in [-0.2, 0) is 12.6 Å². The first-order valence-corrected chi connectivity index (χ1v) is 9.48. The van der Waals surface area contributed by atoms with E-state index in [4.69, 9.17) is 0 Å². The Balaban J connectivity index is 1.70. The molecule has 1 fully saturated rings. The molecule has 0 amide bonds. The molecule has 2 aromatic rings. The van der Waals surface area contributed by atoms with E-state index in [1.807, 2.05) is 12.1 Å². The number of nitrogens with zero attached hydrogens (tertiary/aromatic N) is 1. The van der Waals surface area contributed by atoms with E-state index in [1.54, 1.807) is 0 Å². The second-order valence-corrected chi connectivity index (χ2v) is 7.76. The van der Waals surface area contributed by atoms with Crippen molar-refractivity contribution in [2.45, 2.75) is 37.4 Å². The van der Waals surface area contributed by atoms with Gasteiger partial charge in [0.25, 0.3) is 0 Å². The van der Waals surface area contributed by atoms with Gasteiger partial charge in [-0.15, -0.1) is 0 Å². The van der Waals surface area contributed by atoms with Crippen LogP contribution in [0.2, 0.25) is 0 Å². The number of piperidine rings is 1. The van der Waals surface area contributed by atoms with Gasteiger partial charge < -0.3 is 15.3 Å². The van der Waals surface area contributed by atoms with Crippen LogP contribution in [0.1, 0.15) is 35.4 Å². The van der Waals surface area contributed by atoms with Crippen molar-refractivity contribution in [3.8, 4) is 16.9 Å². The largest absolute Gasteiger partial charge is 0.508 e. The topological polar surface area (TPSA) is 35.5 Å². The number of anilines is 1. The molecule has 3 heterocycles. The van der Waals surface area contributed by atoms with Gasteiger partial charge in [-0.05, 0) is 72.3 Å². The predicted molar refractivity (Wildman–Crippen MR) is 98.2 cm³/mol. The summed E-state index contributed by atoms with van der Waals surface area (Å²) < 4.78 is 40.7. The van der Waals surface area contributed by atoms with Gasteiger partial charge in [0.1, 0.15) is 5.75 Å². The molecule has 3 nitrogen and oxygen atoms in total. The van der Waals surface area contributed by atoms with Crippen LogP contribution in [0.25, 0.3) is 11.1 Å². The van der Waals surface area contributed by atoms with Crippen LogP contribution in [-0.4, -0.2) is 30.8 Å². The van der Waals surface area contributed by atoms with Gasteiger partial charge in [0.05, 0.1) is 5.56 Å². The lowest BCUT2D eigenvalue weighted by Crippen LogP contribution is -2.45. The number of hydrogen-bond donors (Lipinski definition) is 2. The molecule has 2 atom stereocenters. The standard InChI is InChI=1S/C21H21F3N2O/c22-21(23,24)18-10-14(27)3-4-15(18)13-8-12-2-1-7-26-19-5-6-25-11-17(19)16(9-13)20(12)26/h3-4,8-10,17,19,25,27H,1-2,5-7,11H2/t17-,19-/m1/s1. The van der Waals surface area contributed by atoms with Crippen molar-refractivity contribution in [2.24, 2.45) is 0 Å². The Labute approximate surface area is 155 Å². The van der Waals surface area contributed by atoms with Crippen molar-refractivity contribution in [1.29, 1.82) is 0 Å². The smallest absolute Gasteiger partial charge is 0.417 e. The van der Waals surface area contributed by atoms with Crippen molar-refractivity contribution in [2.75, 3.05) is 24.5 Å². The molecule has 2 N–H and O–H groups in total. The zero-order valence-corrected chi connectivity index (χ0v) is 14.8. The fourth-order valence-corrected chi connectivity index (χ4v) is 5.13. The van der Waals surface area contributed by atoms with Crippen molar-refractivity contribution in [3.63, 3.8) is 0 Å². The summed E-state index contributed by atoms with van der Waals surface area (Å²) >= 11 is 0. The van der Waals surface area contributed by atoms with Gasteiger partial charge in [-0.25, -0.2) is 0 Å². The van der Waals surface area contributed by atoms with E-state index in [0.717, 1.165) is 50.5 Å². The van der Waals surface area contributed by atoms with Crippen molar-refractivity contribution >= 4 is 5.69 Å². The zero-order valence-electron chi connectivity index (χ0n) is 14.8. The van der Waals surface area contributed by atoms with E-state index < -0.39 is 11.7 Å². The summed E-state index contributed by atoms with van der Waals surface area (Å²) in [6.07, 6.45) is -1.50. The minimum Gasteiger partial charge on any atom is -0.508 e. The van der Waals surface area contributed by atoms with Crippen molar-refractivity contribution in [1.82, 2.24) is 5.32 Å². The molecule has 142 valence electrons. The third kappa shape index (κ3) is 2.61. The van der Waals surface area contributed by atoms with E-state index in [1.165, 1.54) is 23.4 Å². The molecule has 0 radical (unpaired) electrons. The van der Waals surface area contributed by atoms with Crippen molar-refractivity contribution < 1.29 is 18.3 Å². The van der Waals surface area contributed by atoms with Crippen LogP contribution in [0.15, 0.2) is 30.3 Å². The molecule has 6 heteroatoms. The second-order valence-electron chi connectivity index (χ2n) is 7.76. The number of aromatic hydroxyl groups is 1. The summed E-state index contributed by atoms with van der Waals surface area (Å²) in [5.41, 5.74) is 3.56. The number of alkyl halides is 3. The molecule has 0 unspecified atom stereocenters. The molecule has 27 heavy (non-hydrogen) atoms. The minimum absolute atomic E-state index is 0.142. The van der Waals surface area contributed by atoms with E-state index in [0.29, 0.717) is 17.5 Å². The van der Waals surface area contributed by atoms with Gasteiger partial charge in [0.15, 0.2) is 0 Å². The Morgan fingerprint density at radius 2 is 2.00 bits per heavy atom. The SMILES string of the molecule is Oc1ccc(-c2cc3c4c(c2)[C@H]2CNCC[C@H]2N4CCC3)c(C(F)(F)F)c1. The van der Waals surface area contributed by atoms with Gasteiger partial charge in [-0.1, -0.05) is 6.07 Å². The quantitative estimate of drug-likeness (QED) is 0.782. The first-order valence-electron chi connectivity index (χ1n) is 9.48. The van der Waals surface area contributed by atoms with E-state index in [9.17, 15) is 18.3 Å². The van der Waals surface area contributed by atoms with Crippen LogP contribution >= 0.6 is 0 Å². The van der Waals surface area contributed by atoms with Crippen LogP contribution in [0.4, 0.5) is 18.9 Å². The molecule has 2 aromatic carbocycles. The highest BCUT2D eigenvalue weighted by atomic mass is 19.4. The summed E-state index contributed by atoms with van der Waals surface area (Å²) in [7, 11) is 0. The molecule has 0 saturated carbocycles. The van der Waals surface area contributed by atoms with Crippen LogP contribution in [0, 0.1) is 0 Å². The maximum Gasteiger partial charge on any atom is 0.417 e. The number of benzene rings is 2. The molecular weight excluding hydrogens is 353 g/mol. The Bertz CT molecular complexity index is 909. The number of phenols is 1. The first kappa shape index (κ1) is 16.9. The van der Waals surface area contributed by atoms with Gasteiger partial charge in [0.2, 0.25) is 0 Å². The number of fused-ring (bicyclic) bond motifs is 3. The summed E-state index contributed by atoms with van der Waals surface area (Å²) in [4.78, 5) is 2.49. The Kier molecular flexibility index (Phi) is 3.69. The Hall–Kier alpha value is -2.21. The highest BCUT2D eigenvalue weighted by Gasteiger charge is 2.42. The lowest BCUT2D eigenvalue weighted by Gasteiger charge is -2.36. The van der Waals surface area contributed by atoms with Crippen LogP contribution in [0.3, 0.4) is 0 Å². The molecule has 3 aliphatic heterocycles. The molecule has 1 saturated heterocycles. The highest BCUT2D eigenvalue weighted by Crippen LogP contribution is 2.50. The number of halogens is 3. The Morgan fingerprint density at radius 1 is 1.15 bits per heavy atom. The fraction of sp³-hybridized carbons (Fsp3) is 0.429. The maximum atomic E-state index is 13.6. The summed E-state index contributed by atoms with van der Waals surface area (Å²) in [5, 5.41) is 13.0. The molecule has 0 spiro atoms. The van der Waals surface area contributed by atoms with Gasteiger partial charge in [-0.2, -0.15) is 13.2 Å². The van der Waals surface area contributed by atoms with E-state index in [2.05, 4.69) is 10.2 Å². The summed E-state index contributed by atoms with van der Waals surface area (Å²) in [6, 6.07) is 7.89. The van der Waals surface area contributed by atoms with Gasteiger partial charge in [-0.3, -0.25) is 0 Å². The third-order valence-corrected chi connectivity index (χ3v) is 6.22. The monoisotopic (exact) mass is 374 g/mol. The molecule has 0 aliphatic carbocycles. The average molecular weight is 374 g/mol. The Morgan fingerprint density at radius 3 is 2.81 bits per heavy atom. The number of aryl methyl sites for hydroxylation is 1. The summed E-state index contributed by atoms with van der Waals surface area (Å²) in [5.74, 6) is -0.0340. The number of nitrogens with one attached hydrogen (secondary N) is 1. The second kappa shape index (κ2) is 5.89. The molecule has 0 bridgehead atoms. The fourth-order valence-electron chi connectivity index (χ4n) is 5.13. The minimum atomic E-state index is -4.51. The number of hydrogen-bond acceptors (Lipinski definition) is 3. The van der Waals surface area contributed by atoms with Crippen molar-refractivity contribution in [3.05, 3.63) is 47.0 Å². The lowest BCUT2D eigenvalue weighted by atomic mass is 9.86. The van der Waals surface area contributed by atoms with E-state index >= 15 is 0 Å². The lowest BCUT2D eigenvalue weighted by molar-refractivity contribution is -0.137. The predicted octanol–water partition coefficient (Wildman–Crippen LogP) is 4.29. The molecule has 3 aliphatic rings. The molecule has 5 rings (SSSR count). The van der Waals surface area contributed by atoms with Gasteiger partial charge in [0, 0.05) is 30.7 Å². The highest BCUT2D eigenvalue weighted by molar-refractivity contribution is 5.78. The van der Waals surface area contributed by atoms with Crippen LogP contribution in [0.5, 0.6) is 5.75 Å². The maximum absolute atomic E-state index is 13.6. The number of phenolic OH excluding ortho intramolecular Hbond substituents is 1. The normalized spacial score (nSPS) is 23.9.